The van der Waals surface area contributed by atoms with E-state index in [2.05, 4.69) is 24.1 Å². The van der Waals surface area contributed by atoms with Gasteiger partial charge in [-0.1, -0.05) is 56.3 Å². The Hall–Kier alpha value is -4.40. The minimum absolute atomic E-state index is 0.121. The second-order valence-electron chi connectivity index (χ2n) is 9.67. The summed E-state index contributed by atoms with van der Waals surface area (Å²) in [7, 11) is 1.38. The van der Waals surface area contributed by atoms with Crippen LogP contribution in [-0.4, -0.2) is 48.2 Å². The molecule has 0 aliphatic heterocycles. The smallest absolute Gasteiger partial charge is 0.328 e. The molecule has 0 spiro atoms. The van der Waals surface area contributed by atoms with Crippen LogP contribution >= 0.6 is 0 Å². The molecule has 1 aromatic heterocycles. The van der Waals surface area contributed by atoms with E-state index in [0.717, 1.165) is 24.0 Å². The third-order valence-electron chi connectivity index (χ3n) is 6.74. The molecule has 0 fully saturated rings. The maximum atomic E-state index is 13.1. The van der Waals surface area contributed by atoms with Crippen LogP contribution in [0.15, 0.2) is 66.9 Å². The second-order valence-corrected chi connectivity index (χ2v) is 9.67. The van der Waals surface area contributed by atoms with E-state index in [4.69, 9.17) is 18.9 Å². The molecule has 9 heteroatoms. The summed E-state index contributed by atoms with van der Waals surface area (Å²) >= 11 is 0. The van der Waals surface area contributed by atoms with Crippen LogP contribution in [0.4, 0.5) is 0 Å². The highest BCUT2D eigenvalue weighted by Gasteiger charge is 2.32. The summed E-state index contributed by atoms with van der Waals surface area (Å²) in [6.07, 6.45) is 1.97. The van der Waals surface area contributed by atoms with E-state index in [1.54, 1.807) is 6.92 Å². The molecule has 0 saturated carbocycles. The molecule has 2 aromatic carbocycles. The van der Waals surface area contributed by atoms with Crippen molar-refractivity contribution in [3.63, 3.8) is 0 Å². The van der Waals surface area contributed by atoms with Crippen molar-refractivity contribution >= 4 is 17.8 Å². The molecule has 0 bridgehead atoms. The van der Waals surface area contributed by atoms with Crippen molar-refractivity contribution in [2.75, 3.05) is 7.11 Å². The van der Waals surface area contributed by atoms with Crippen LogP contribution in [0, 0.1) is 5.92 Å². The first-order valence-electron chi connectivity index (χ1n) is 13.7. The molecule has 0 aliphatic carbocycles. The number of carbonyl (C=O) groups excluding carboxylic acids is 3. The number of pyridine rings is 1. The molecule has 3 atom stereocenters. The molecule has 0 saturated heterocycles. The number of carbonyl (C=O) groups is 3. The zero-order valence-corrected chi connectivity index (χ0v) is 24.4. The summed E-state index contributed by atoms with van der Waals surface area (Å²) < 4.78 is 22.6. The first kappa shape index (κ1) is 31.1. The molecule has 41 heavy (non-hydrogen) atoms. The van der Waals surface area contributed by atoms with E-state index in [1.807, 2.05) is 54.6 Å². The lowest BCUT2D eigenvalue weighted by Gasteiger charge is -2.31. The average Bonchev–Trinajstić information content (AvgIpc) is 2.97. The number of amides is 1. The number of esters is 2. The van der Waals surface area contributed by atoms with E-state index >= 15 is 0 Å². The lowest BCUT2D eigenvalue weighted by Crippen LogP contribution is -2.45. The normalized spacial score (nSPS) is 13.0. The van der Waals surface area contributed by atoms with Crippen molar-refractivity contribution < 1.29 is 33.3 Å². The number of methoxy groups -OCH3 is 1. The third-order valence-corrected chi connectivity index (χ3v) is 6.74. The van der Waals surface area contributed by atoms with Crippen molar-refractivity contribution in [2.45, 2.75) is 65.7 Å². The van der Waals surface area contributed by atoms with Crippen molar-refractivity contribution in [1.82, 2.24) is 10.3 Å². The van der Waals surface area contributed by atoms with Crippen LogP contribution < -0.4 is 19.5 Å². The maximum absolute atomic E-state index is 13.1. The van der Waals surface area contributed by atoms with E-state index < -0.39 is 36.1 Å². The molecule has 1 heterocycles. The van der Waals surface area contributed by atoms with Gasteiger partial charge in [0, 0.05) is 19.2 Å². The zero-order chi connectivity index (χ0) is 29.9. The lowest BCUT2D eigenvalue weighted by atomic mass is 9.93. The van der Waals surface area contributed by atoms with Gasteiger partial charge in [0.25, 0.3) is 5.91 Å². The summed E-state index contributed by atoms with van der Waals surface area (Å²) in [4.78, 5) is 41.7. The predicted molar refractivity (Wildman–Crippen MR) is 155 cm³/mol. The number of hydrogen-bond acceptors (Lipinski definition) is 8. The van der Waals surface area contributed by atoms with Crippen molar-refractivity contribution in [3.8, 4) is 28.4 Å². The average molecular weight is 563 g/mol. The summed E-state index contributed by atoms with van der Waals surface area (Å²) in [6.45, 7) is 8.65. The van der Waals surface area contributed by atoms with Gasteiger partial charge >= 0.3 is 11.9 Å². The molecule has 9 nitrogen and oxygen atoms in total. The summed E-state index contributed by atoms with van der Waals surface area (Å²) in [5.74, 6) is -1.18. The SMILES string of the molecule is CCC(CC)[C@@H](Oc1cccc(-c2ccccc2)c1)[C@H](C)OC(=O)[C@H](C)NC(=O)c1nccc(OC)c1OC(C)=O. The Balaban J connectivity index is 1.74. The predicted octanol–water partition coefficient (Wildman–Crippen LogP) is 5.62. The molecule has 0 unspecified atom stereocenters. The van der Waals surface area contributed by atoms with Crippen LogP contribution in [0.2, 0.25) is 0 Å². The minimum atomic E-state index is -1.02. The number of aromatic nitrogens is 1. The number of nitrogens with one attached hydrogen (secondary N) is 1. The number of hydrogen-bond donors (Lipinski definition) is 1. The lowest BCUT2D eigenvalue weighted by molar-refractivity contribution is -0.156. The largest absolute Gasteiger partial charge is 0.493 e. The van der Waals surface area contributed by atoms with E-state index in [1.165, 1.54) is 33.2 Å². The zero-order valence-electron chi connectivity index (χ0n) is 24.4. The second kappa shape index (κ2) is 14.8. The van der Waals surface area contributed by atoms with Gasteiger partial charge in [0.1, 0.15) is 24.0 Å². The molecule has 218 valence electrons. The van der Waals surface area contributed by atoms with E-state index in [0.29, 0.717) is 5.75 Å². The minimum Gasteiger partial charge on any atom is -0.493 e. The fourth-order valence-electron chi connectivity index (χ4n) is 4.54. The van der Waals surface area contributed by atoms with Crippen LogP contribution in [0.25, 0.3) is 11.1 Å². The van der Waals surface area contributed by atoms with Crippen molar-refractivity contribution in [3.05, 3.63) is 72.6 Å². The van der Waals surface area contributed by atoms with Crippen LogP contribution in [-0.2, 0) is 14.3 Å². The summed E-state index contributed by atoms with van der Waals surface area (Å²) in [6, 6.07) is 18.3. The van der Waals surface area contributed by atoms with Gasteiger partial charge in [0.15, 0.2) is 11.4 Å². The molecular formula is C32H38N2O7. The van der Waals surface area contributed by atoms with Crippen molar-refractivity contribution in [1.29, 1.82) is 0 Å². The Morgan fingerprint density at radius 2 is 1.61 bits per heavy atom. The molecule has 3 rings (SSSR count). The Labute approximate surface area is 241 Å². The van der Waals surface area contributed by atoms with Gasteiger partial charge in [0.05, 0.1) is 7.11 Å². The number of ether oxygens (including phenoxy) is 4. The molecular weight excluding hydrogens is 524 g/mol. The quantitative estimate of drug-likeness (QED) is 0.267. The van der Waals surface area contributed by atoms with Crippen LogP contribution in [0.5, 0.6) is 17.2 Å². The van der Waals surface area contributed by atoms with Crippen LogP contribution in [0.3, 0.4) is 0 Å². The Bertz CT molecular complexity index is 1320. The van der Waals surface area contributed by atoms with Gasteiger partial charge in [-0.15, -0.1) is 0 Å². The standard InChI is InChI=1S/C32H38N2O7/c1-7-23(8-2)29(41-26-16-12-15-25(19-26)24-13-10-9-11-14-24)21(4)39-32(37)20(3)34-31(36)28-30(40-22(5)35)27(38-6)17-18-33-28/h9-21,23,29H,7-8H2,1-6H3,(H,34,36)/t20-,21-,29-/m0/s1. The van der Waals surface area contributed by atoms with Gasteiger partial charge in [0.2, 0.25) is 5.75 Å². The van der Waals surface area contributed by atoms with Gasteiger partial charge < -0.3 is 24.3 Å². The van der Waals surface area contributed by atoms with E-state index in [9.17, 15) is 14.4 Å². The molecule has 1 N–H and O–H groups in total. The topological polar surface area (TPSA) is 113 Å². The third kappa shape index (κ3) is 8.30. The maximum Gasteiger partial charge on any atom is 0.328 e. The highest BCUT2D eigenvalue weighted by molar-refractivity contribution is 5.98. The summed E-state index contributed by atoms with van der Waals surface area (Å²) in [5, 5.41) is 2.57. The van der Waals surface area contributed by atoms with Crippen LogP contribution in [0.1, 0.15) is 57.9 Å². The highest BCUT2D eigenvalue weighted by Crippen LogP contribution is 2.30. The van der Waals surface area contributed by atoms with Gasteiger partial charge in [-0.25, -0.2) is 9.78 Å². The molecule has 0 aliphatic rings. The van der Waals surface area contributed by atoms with Gasteiger partial charge in [-0.05, 0) is 55.9 Å². The number of benzene rings is 2. The van der Waals surface area contributed by atoms with Gasteiger partial charge in [-0.3, -0.25) is 9.59 Å². The first-order chi connectivity index (χ1) is 19.7. The fraction of sp³-hybridized carbons (Fsp3) is 0.375. The van der Waals surface area contributed by atoms with Gasteiger partial charge in [-0.2, -0.15) is 0 Å². The number of nitrogens with zero attached hydrogens (tertiary/aromatic N) is 1. The summed E-state index contributed by atoms with van der Waals surface area (Å²) in [5.41, 5.74) is 1.90. The highest BCUT2D eigenvalue weighted by atomic mass is 16.6. The molecule has 1 amide bonds. The molecule has 3 aromatic rings. The van der Waals surface area contributed by atoms with E-state index in [-0.39, 0.29) is 23.1 Å². The molecule has 0 radical (unpaired) electrons. The Morgan fingerprint density at radius 3 is 2.24 bits per heavy atom. The van der Waals surface area contributed by atoms with Crippen molar-refractivity contribution in [2.24, 2.45) is 5.92 Å². The Morgan fingerprint density at radius 1 is 0.927 bits per heavy atom. The first-order valence-corrected chi connectivity index (χ1v) is 13.7. The fourth-order valence-corrected chi connectivity index (χ4v) is 4.54. The monoisotopic (exact) mass is 562 g/mol. The number of rotatable bonds is 13. The Kier molecular flexibility index (Phi) is 11.3.